The molecular weight excluding hydrogens is 256 g/mol. The minimum absolute atomic E-state index is 0.0239. The third-order valence-corrected chi connectivity index (χ3v) is 2.88. The smallest absolute Gasteiger partial charge is 0.233 e. The van der Waals surface area contributed by atoms with Gasteiger partial charge < -0.3 is 20.1 Å². The first kappa shape index (κ1) is 16.5. The minimum atomic E-state index is 0.0239. The van der Waals surface area contributed by atoms with Crippen LogP contribution in [-0.4, -0.2) is 46.4 Å². The molecule has 1 aromatic rings. The number of hydrogen-bond acceptors (Lipinski definition) is 4. The largest absolute Gasteiger partial charge is 0.497 e. The highest BCUT2D eigenvalue weighted by Gasteiger charge is 2.00. The van der Waals surface area contributed by atoms with E-state index < -0.39 is 0 Å². The molecule has 0 fully saturated rings. The van der Waals surface area contributed by atoms with Crippen molar-refractivity contribution in [3.63, 3.8) is 0 Å². The van der Waals surface area contributed by atoms with Gasteiger partial charge in [0.15, 0.2) is 0 Å². The summed E-state index contributed by atoms with van der Waals surface area (Å²) in [5, 5.41) is 5.96. The molecule has 20 heavy (non-hydrogen) atoms. The van der Waals surface area contributed by atoms with Gasteiger partial charge in [-0.15, -0.1) is 0 Å². The number of ether oxygens (including phenoxy) is 2. The lowest BCUT2D eigenvalue weighted by Crippen LogP contribution is -2.35. The average molecular weight is 280 g/mol. The van der Waals surface area contributed by atoms with Gasteiger partial charge in [0.1, 0.15) is 5.75 Å². The topological polar surface area (TPSA) is 59.6 Å². The van der Waals surface area contributed by atoms with E-state index in [1.165, 1.54) is 5.56 Å². The fourth-order valence-corrected chi connectivity index (χ4v) is 1.73. The second kappa shape index (κ2) is 10.2. The van der Waals surface area contributed by atoms with Gasteiger partial charge in [0, 0.05) is 20.3 Å². The normalized spacial score (nSPS) is 10.3. The third kappa shape index (κ3) is 7.11. The van der Waals surface area contributed by atoms with Crippen LogP contribution >= 0.6 is 0 Å². The van der Waals surface area contributed by atoms with Crippen LogP contribution in [0.4, 0.5) is 0 Å². The van der Waals surface area contributed by atoms with Gasteiger partial charge in [-0.2, -0.15) is 0 Å². The first-order valence-electron chi connectivity index (χ1n) is 6.85. The summed E-state index contributed by atoms with van der Waals surface area (Å²) >= 11 is 0. The van der Waals surface area contributed by atoms with Crippen LogP contribution in [-0.2, 0) is 16.0 Å². The Hall–Kier alpha value is -1.59. The van der Waals surface area contributed by atoms with Gasteiger partial charge >= 0.3 is 0 Å². The Morgan fingerprint density at radius 2 is 1.90 bits per heavy atom. The quantitative estimate of drug-likeness (QED) is 0.627. The van der Waals surface area contributed by atoms with Crippen molar-refractivity contribution in [2.24, 2.45) is 0 Å². The molecule has 0 aromatic heterocycles. The summed E-state index contributed by atoms with van der Waals surface area (Å²) in [6.45, 7) is 2.46. The molecule has 1 rings (SSSR count). The second-order valence-corrected chi connectivity index (χ2v) is 4.47. The first-order chi connectivity index (χ1) is 9.76. The molecule has 0 bridgehead atoms. The summed E-state index contributed by atoms with van der Waals surface area (Å²) in [6.07, 6.45) is 1.73. The molecule has 0 aliphatic heterocycles. The van der Waals surface area contributed by atoms with Crippen LogP contribution in [0.1, 0.15) is 12.0 Å². The number of amides is 1. The van der Waals surface area contributed by atoms with Gasteiger partial charge in [0.05, 0.1) is 13.7 Å². The molecule has 2 N–H and O–H groups in total. The van der Waals surface area contributed by atoms with Crippen molar-refractivity contribution in [3.8, 4) is 5.75 Å². The summed E-state index contributed by atoms with van der Waals surface area (Å²) in [5.41, 5.74) is 1.22. The third-order valence-electron chi connectivity index (χ3n) is 2.88. The predicted octanol–water partition coefficient (Wildman–Crippen LogP) is 0.980. The molecule has 0 radical (unpaired) electrons. The molecule has 0 atom stereocenters. The molecule has 0 aliphatic carbocycles. The lowest BCUT2D eigenvalue weighted by Gasteiger charge is -2.07. The van der Waals surface area contributed by atoms with Gasteiger partial charge in [-0.25, -0.2) is 0 Å². The Labute approximate surface area is 120 Å². The Morgan fingerprint density at radius 3 is 2.55 bits per heavy atom. The SMILES string of the molecule is COCCCNC(=O)CNCCc1ccc(OC)cc1. The maximum absolute atomic E-state index is 11.5. The highest BCUT2D eigenvalue weighted by Crippen LogP contribution is 2.11. The van der Waals surface area contributed by atoms with Crippen LogP contribution in [0, 0.1) is 0 Å². The molecule has 112 valence electrons. The number of benzene rings is 1. The fourth-order valence-electron chi connectivity index (χ4n) is 1.73. The summed E-state index contributed by atoms with van der Waals surface area (Å²) in [6, 6.07) is 7.95. The number of nitrogens with one attached hydrogen (secondary N) is 2. The highest BCUT2D eigenvalue weighted by atomic mass is 16.5. The Kier molecular flexibility index (Phi) is 8.42. The maximum Gasteiger partial charge on any atom is 0.233 e. The van der Waals surface area contributed by atoms with E-state index in [0.717, 1.165) is 25.1 Å². The van der Waals surface area contributed by atoms with E-state index in [1.807, 2.05) is 24.3 Å². The molecule has 0 unspecified atom stereocenters. The van der Waals surface area contributed by atoms with Crippen molar-refractivity contribution in [3.05, 3.63) is 29.8 Å². The maximum atomic E-state index is 11.5. The van der Waals surface area contributed by atoms with Crippen LogP contribution in [0.5, 0.6) is 5.75 Å². The van der Waals surface area contributed by atoms with Crippen molar-refractivity contribution in [2.45, 2.75) is 12.8 Å². The molecule has 0 saturated carbocycles. The van der Waals surface area contributed by atoms with E-state index in [1.54, 1.807) is 14.2 Å². The van der Waals surface area contributed by atoms with Gasteiger partial charge in [0.25, 0.3) is 0 Å². The summed E-state index contributed by atoms with van der Waals surface area (Å²) < 4.78 is 10.0. The van der Waals surface area contributed by atoms with E-state index in [-0.39, 0.29) is 5.91 Å². The monoisotopic (exact) mass is 280 g/mol. The van der Waals surface area contributed by atoms with Crippen LogP contribution in [0.25, 0.3) is 0 Å². The molecule has 5 nitrogen and oxygen atoms in total. The highest BCUT2D eigenvalue weighted by molar-refractivity contribution is 5.77. The molecule has 0 aliphatic rings. The zero-order valence-electron chi connectivity index (χ0n) is 12.3. The standard InChI is InChI=1S/C15H24N2O3/c1-19-11-3-9-17-15(18)12-16-10-8-13-4-6-14(20-2)7-5-13/h4-7,16H,3,8-12H2,1-2H3,(H,17,18). The zero-order valence-corrected chi connectivity index (χ0v) is 12.3. The zero-order chi connectivity index (χ0) is 14.6. The van der Waals surface area contributed by atoms with Crippen LogP contribution < -0.4 is 15.4 Å². The van der Waals surface area contributed by atoms with Crippen molar-refractivity contribution in [1.82, 2.24) is 10.6 Å². The molecule has 0 saturated heterocycles. The van der Waals surface area contributed by atoms with E-state index in [4.69, 9.17) is 9.47 Å². The number of hydrogen-bond donors (Lipinski definition) is 2. The van der Waals surface area contributed by atoms with Crippen LogP contribution in [0.3, 0.4) is 0 Å². The van der Waals surface area contributed by atoms with Crippen molar-refractivity contribution >= 4 is 5.91 Å². The molecular formula is C15H24N2O3. The molecule has 5 heteroatoms. The Bertz CT molecular complexity index is 379. The van der Waals surface area contributed by atoms with Gasteiger partial charge in [-0.3, -0.25) is 4.79 Å². The van der Waals surface area contributed by atoms with Gasteiger partial charge in [0.2, 0.25) is 5.91 Å². The molecule has 1 aromatic carbocycles. The lowest BCUT2D eigenvalue weighted by molar-refractivity contribution is -0.120. The van der Waals surface area contributed by atoms with Crippen molar-refractivity contribution < 1.29 is 14.3 Å². The van der Waals surface area contributed by atoms with E-state index in [0.29, 0.717) is 19.7 Å². The van der Waals surface area contributed by atoms with Crippen molar-refractivity contribution in [2.75, 3.05) is 40.5 Å². The van der Waals surface area contributed by atoms with Crippen molar-refractivity contribution in [1.29, 1.82) is 0 Å². The average Bonchev–Trinajstić information content (AvgIpc) is 2.49. The molecule has 1 amide bonds. The number of carbonyl (C=O) groups excluding carboxylic acids is 1. The fraction of sp³-hybridized carbons (Fsp3) is 0.533. The van der Waals surface area contributed by atoms with Crippen LogP contribution in [0.2, 0.25) is 0 Å². The minimum Gasteiger partial charge on any atom is -0.497 e. The summed E-state index contributed by atoms with van der Waals surface area (Å²) in [4.78, 5) is 11.5. The number of methoxy groups -OCH3 is 2. The van der Waals surface area contributed by atoms with E-state index in [9.17, 15) is 4.79 Å². The summed E-state index contributed by atoms with van der Waals surface area (Å²) in [7, 11) is 3.31. The lowest BCUT2D eigenvalue weighted by atomic mass is 10.1. The number of rotatable bonds is 10. The Balaban J connectivity index is 2.07. The molecule has 0 heterocycles. The Morgan fingerprint density at radius 1 is 1.15 bits per heavy atom. The van der Waals surface area contributed by atoms with Gasteiger partial charge in [-0.05, 0) is 37.1 Å². The van der Waals surface area contributed by atoms with E-state index in [2.05, 4.69) is 10.6 Å². The number of carbonyl (C=O) groups is 1. The van der Waals surface area contributed by atoms with Crippen LogP contribution in [0.15, 0.2) is 24.3 Å². The first-order valence-corrected chi connectivity index (χ1v) is 6.85. The van der Waals surface area contributed by atoms with Gasteiger partial charge in [-0.1, -0.05) is 12.1 Å². The molecule has 0 spiro atoms. The second-order valence-electron chi connectivity index (χ2n) is 4.47. The van der Waals surface area contributed by atoms with E-state index >= 15 is 0 Å². The predicted molar refractivity (Wildman–Crippen MR) is 79.1 cm³/mol. The summed E-state index contributed by atoms with van der Waals surface area (Å²) in [5.74, 6) is 0.882.